The summed E-state index contributed by atoms with van der Waals surface area (Å²) >= 11 is 0. The molecule has 7 aliphatic rings. The highest BCUT2D eigenvalue weighted by Gasteiger charge is 2.55. The van der Waals surface area contributed by atoms with Crippen LogP contribution in [0.3, 0.4) is 0 Å². The molecular formula is C51H74O13. The molecule has 7 aliphatic heterocycles. The Labute approximate surface area is 379 Å². The maximum Gasteiger partial charge on any atom is 0.335 e. The van der Waals surface area contributed by atoms with Crippen LogP contribution in [0.2, 0.25) is 0 Å². The first-order chi connectivity index (χ1) is 30.5. The number of fused-ring (bicyclic) bond motifs is 1. The molecule has 7 heterocycles. The summed E-state index contributed by atoms with van der Waals surface area (Å²) in [7, 11) is 0. The standard InChI is InChI=1S/C51H74O13/c1-31-26-42(63-51(28-31)43(53)19-18-38(61-51)29-48(6,56)47(54)55)32(2)16-17-37-20-23-49(60-37)24-21-41-46(64-49)45(57-30-36-13-8-7-9-14-36)35(5)44(59-41)39(52)27-33(3)40-15-10-22-50(62-40)34(4)12-11-25-58-50/h7-9,13-14,16-17,28,32-34,37-46,52-53,56H,5,10-12,15,18-27,29-30H2,1-4,6H3,(H,54,55)/b17-16+/t32-,33+,34+,37+,38+,39+,40+,41-,42+,43-,44+,45-,46-,48+,49-,50-,51-/m1/s1. The quantitative estimate of drug-likeness (QED) is 0.144. The number of benzene rings is 1. The molecule has 6 saturated heterocycles. The number of carbonyl (C=O) groups is 1. The van der Waals surface area contributed by atoms with E-state index in [1.807, 2.05) is 43.3 Å². The van der Waals surface area contributed by atoms with Crippen molar-refractivity contribution in [1.82, 2.24) is 0 Å². The molecule has 1 aromatic carbocycles. The average molecular weight is 895 g/mol. The molecule has 0 radical (unpaired) electrons. The van der Waals surface area contributed by atoms with Crippen molar-refractivity contribution in [2.45, 2.75) is 215 Å². The molecule has 8 rings (SSSR count). The zero-order valence-corrected chi connectivity index (χ0v) is 38.6. The lowest BCUT2D eigenvalue weighted by Crippen LogP contribution is -2.60. The maximum atomic E-state index is 11.9. The van der Waals surface area contributed by atoms with Crippen LogP contribution in [0.1, 0.15) is 130 Å². The van der Waals surface area contributed by atoms with Gasteiger partial charge in [0.15, 0.2) is 17.2 Å². The van der Waals surface area contributed by atoms with Gasteiger partial charge in [0.25, 0.3) is 0 Å². The van der Waals surface area contributed by atoms with Gasteiger partial charge in [-0.2, -0.15) is 0 Å². The number of rotatable bonds is 13. The summed E-state index contributed by atoms with van der Waals surface area (Å²) < 4.78 is 53.2. The van der Waals surface area contributed by atoms with E-state index in [4.69, 9.17) is 37.9 Å². The second kappa shape index (κ2) is 19.6. The van der Waals surface area contributed by atoms with E-state index in [0.717, 1.165) is 56.3 Å². The second-order valence-electron chi connectivity index (χ2n) is 20.6. The Bertz CT molecular complexity index is 1830. The minimum atomic E-state index is -1.96. The normalized spacial score (nSPS) is 41.7. The molecule has 0 aromatic heterocycles. The Balaban J connectivity index is 0.907. The third-order valence-corrected chi connectivity index (χ3v) is 15.4. The topological polar surface area (TPSA) is 172 Å². The molecule has 0 unspecified atom stereocenters. The van der Waals surface area contributed by atoms with Gasteiger partial charge >= 0.3 is 5.97 Å². The number of aliphatic carboxylic acids is 1. The van der Waals surface area contributed by atoms with E-state index in [1.54, 1.807) is 0 Å². The van der Waals surface area contributed by atoms with Crippen LogP contribution in [0.25, 0.3) is 0 Å². The van der Waals surface area contributed by atoms with E-state index in [0.29, 0.717) is 63.0 Å². The highest BCUT2D eigenvalue weighted by Crippen LogP contribution is 2.48. The first-order valence-electron chi connectivity index (χ1n) is 24.2. The number of hydrogen-bond acceptors (Lipinski definition) is 12. The minimum absolute atomic E-state index is 0.0167. The van der Waals surface area contributed by atoms with Crippen molar-refractivity contribution in [3.05, 3.63) is 71.8 Å². The summed E-state index contributed by atoms with van der Waals surface area (Å²) in [5.41, 5.74) is 0.739. The van der Waals surface area contributed by atoms with E-state index < -0.39 is 65.6 Å². The third kappa shape index (κ3) is 10.3. The Morgan fingerprint density at radius 3 is 2.53 bits per heavy atom. The fraction of sp³-hybridized carbons (Fsp3) is 0.745. The molecule has 0 aliphatic carbocycles. The first-order valence-corrected chi connectivity index (χ1v) is 24.2. The van der Waals surface area contributed by atoms with Gasteiger partial charge in [-0.25, -0.2) is 4.79 Å². The number of carboxylic acids is 1. The van der Waals surface area contributed by atoms with Gasteiger partial charge in [0.1, 0.15) is 24.4 Å². The highest BCUT2D eigenvalue weighted by atomic mass is 16.7. The largest absolute Gasteiger partial charge is 0.479 e. The van der Waals surface area contributed by atoms with Gasteiger partial charge in [0.05, 0.1) is 49.8 Å². The zero-order valence-electron chi connectivity index (χ0n) is 38.6. The number of hydrogen-bond donors (Lipinski definition) is 4. The van der Waals surface area contributed by atoms with Crippen molar-refractivity contribution in [3.8, 4) is 0 Å². The molecule has 0 saturated carbocycles. The Kier molecular flexibility index (Phi) is 14.7. The van der Waals surface area contributed by atoms with Crippen LogP contribution in [0.5, 0.6) is 0 Å². The molecule has 64 heavy (non-hydrogen) atoms. The third-order valence-electron chi connectivity index (χ3n) is 15.4. The van der Waals surface area contributed by atoms with E-state index in [9.17, 15) is 25.2 Å². The van der Waals surface area contributed by atoms with Crippen molar-refractivity contribution in [1.29, 1.82) is 0 Å². The van der Waals surface area contributed by atoms with Crippen LogP contribution < -0.4 is 0 Å². The summed E-state index contributed by atoms with van der Waals surface area (Å²) in [5, 5.41) is 43.1. The summed E-state index contributed by atoms with van der Waals surface area (Å²) in [4.78, 5) is 11.7. The van der Waals surface area contributed by atoms with E-state index in [-0.39, 0.29) is 42.7 Å². The predicted molar refractivity (Wildman–Crippen MR) is 237 cm³/mol. The van der Waals surface area contributed by atoms with E-state index >= 15 is 0 Å². The minimum Gasteiger partial charge on any atom is -0.479 e. The molecule has 0 amide bonds. The van der Waals surface area contributed by atoms with Crippen LogP contribution in [0.15, 0.2) is 66.3 Å². The smallest absolute Gasteiger partial charge is 0.335 e. The summed E-state index contributed by atoms with van der Waals surface area (Å²) in [6.45, 7) is 15.3. The number of aliphatic hydroxyl groups is 3. The lowest BCUT2D eigenvalue weighted by atomic mass is 9.81. The van der Waals surface area contributed by atoms with Crippen molar-refractivity contribution in [2.75, 3.05) is 6.61 Å². The molecule has 13 nitrogen and oxygen atoms in total. The van der Waals surface area contributed by atoms with Crippen LogP contribution in [-0.2, 0) is 49.3 Å². The number of aliphatic hydroxyl groups excluding tert-OH is 2. The van der Waals surface area contributed by atoms with Crippen molar-refractivity contribution in [2.24, 2.45) is 17.8 Å². The Morgan fingerprint density at radius 2 is 1.77 bits per heavy atom. The number of ether oxygens (including phenoxy) is 8. The van der Waals surface area contributed by atoms with Gasteiger partial charge in [-0.15, -0.1) is 0 Å². The van der Waals surface area contributed by atoms with Gasteiger partial charge in [0, 0.05) is 37.5 Å². The van der Waals surface area contributed by atoms with E-state index in [1.165, 1.54) is 6.92 Å². The fourth-order valence-electron chi connectivity index (χ4n) is 11.5. The first kappa shape index (κ1) is 47.9. The monoisotopic (exact) mass is 895 g/mol. The van der Waals surface area contributed by atoms with Gasteiger partial charge in [-0.1, -0.05) is 75.4 Å². The van der Waals surface area contributed by atoms with Gasteiger partial charge in [-0.3, -0.25) is 0 Å². The molecule has 0 bridgehead atoms. The molecule has 6 fully saturated rings. The van der Waals surface area contributed by atoms with Crippen LogP contribution in [-0.4, -0.2) is 117 Å². The van der Waals surface area contributed by atoms with Crippen LogP contribution in [0, 0.1) is 17.8 Å². The molecule has 4 N–H and O–H groups in total. The van der Waals surface area contributed by atoms with Crippen molar-refractivity contribution < 1.29 is 63.1 Å². The number of carboxylic acid groups (broad SMARTS) is 1. The molecule has 13 heteroatoms. The van der Waals surface area contributed by atoms with E-state index in [2.05, 4.69) is 39.5 Å². The lowest BCUT2D eigenvalue weighted by Gasteiger charge is -2.51. The Morgan fingerprint density at radius 1 is 0.984 bits per heavy atom. The van der Waals surface area contributed by atoms with Crippen molar-refractivity contribution >= 4 is 5.97 Å². The van der Waals surface area contributed by atoms with Gasteiger partial charge < -0.3 is 58.3 Å². The van der Waals surface area contributed by atoms with Gasteiger partial charge in [0.2, 0.25) is 5.79 Å². The highest BCUT2D eigenvalue weighted by molar-refractivity contribution is 5.76. The average Bonchev–Trinajstić information content (AvgIpc) is 3.66. The van der Waals surface area contributed by atoms with Crippen LogP contribution in [0.4, 0.5) is 0 Å². The zero-order chi connectivity index (χ0) is 45.4. The summed E-state index contributed by atoms with van der Waals surface area (Å²) in [5.74, 6) is -3.77. The molecule has 3 spiro atoms. The summed E-state index contributed by atoms with van der Waals surface area (Å²) in [6, 6.07) is 10.0. The van der Waals surface area contributed by atoms with Crippen LogP contribution >= 0.6 is 0 Å². The lowest BCUT2D eigenvalue weighted by molar-refractivity contribution is -0.327. The fourth-order valence-corrected chi connectivity index (χ4v) is 11.5. The molecular weight excluding hydrogens is 821 g/mol. The SMILES string of the molecule is C=C1[C@@H](OCc2ccccc2)[C@@H]2O[C@]3(CC[C@H](/C=C/[C@@H](C)[C@@H]4CC(C)=C[C@@]5(O[C@H](C[C@](C)(O)C(=O)O)CC[C@H]5O)O4)O3)CC[C@H]2O[C@@H]1[C@@H](O)C[C@H](C)[C@@H]1CCC[C@@]2(OCCC[C@@H]2C)O1. The van der Waals surface area contributed by atoms with Crippen molar-refractivity contribution in [3.63, 3.8) is 0 Å². The predicted octanol–water partition coefficient (Wildman–Crippen LogP) is 7.44. The molecule has 356 valence electrons. The van der Waals surface area contributed by atoms with Gasteiger partial charge in [-0.05, 0) is 101 Å². The maximum absolute atomic E-state index is 11.9. The molecule has 1 aromatic rings. The summed E-state index contributed by atoms with van der Waals surface area (Å²) in [6.07, 6.45) is 10.7. The Hall–Kier alpha value is -2.53. The second-order valence-corrected chi connectivity index (χ2v) is 20.6. The molecule has 17 atom stereocenters.